The van der Waals surface area contributed by atoms with Crippen LogP contribution in [0.2, 0.25) is 0 Å². The summed E-state index contributed by atoms with van der Waals surface area (Å²) in [5.74, 6) is 2.76. The van der Waals surface area contributed by atoms with Gasteiger partial charge in [-0.3, -0.25) is 4.90 Å². The van der Waals surface area contributed by atoms with Crippen LogP contribution in [0.1, 0.15) is 41.8 Å². The Morgan fingerprint density at radius 2 is 2.22 bits per heavy atom. The van der Waals surface area contributed by atoms with Crippen LogP contribution in [0, 0.1) is 12.8 Å². The number of nitrogens with zero attached hydrogens (tertiary/aromatic N) is 4. The number of hydrogen-bond donors (Lipinski definition) is 0. The SMILES string of the molecule is COC[C@@H]1c2nnn(CC3CC3)c2CCN1Cc1ccc(C)o1. The van der Waals surface area contributed by atoms with Gasteiger partial charge in [-0.15, -0.1) is 5.10 Å². The molecule has 0 unspecified atom stereocenters. The molecule has 0 amide bonds. The van der Waals surface area contributed by atoms with Crippen LogP contribution in [0.5, 0.6) is 0 Å². The first kappa shape index (κ1) is 14.9. The van der Waals surface area contributed by atoms with E-state index in [0.717, 1.165) is 49.2 Å². The van der Waals surface area contributed by atoms with E-state index in [1.165, 1.54) is 18.5 Å². The van der Waals surface area contributed by atoms with Crippen LogP contribution in [0.3, 0.4) is 0 Å². The Hall–Kier alpha value is -1.66. The summed E-state index contributed by atoms with van der Waals surface area (Å²) >= 11 is 0. The summed E-state index contributed by atoms with van der Waals surface area (Å²) in [7, 11) is 1.75. The van der Waals surface area contributed by atoms with Gasteiger partial charge in [0.15, 0.2) is 0 Å². The molecule has 3 heterocycles. The maximum Gasteiger partial charge on any atom is 0.118 e. The molecule has 0 saturated heterocycles. The molecule has 2 aromatic rings. The highest BCUT2D eigenvalue weighted by atomic mass is 16.5. The van der Waals surface area contributed by atoms with Crippen LogP contribution in [-0.4, -0.2) is 40.2 Å². The second-order valence-electron chi connectivity index (χ2n) is 6.75. The molecular formula is C17H24N4O2. The third-order valence-electron chi connectivity index (χ3n) is 4.87. The Bertz CT molecular complexity index is 674. The Kier molecular flexibility index (Phi) is 3.95. The quantitative estimate of drug-likeness (QED) is 0.819. The summed E-state index contributed by atoms with van der Waals surface area (Å²) in [4.78, 5) is 2.39. The van der Waals surface area contributed by atoms with Crippen LogP contribution in [-0.2, 0) is 24.2 Å². The Morgan fingerprint density at radius 3 is 2.91 bits per heavy atom. The van der Waals surface area contributed by atoms with Crippen molar-refractivity contribution in [1.29, 1.82) is 0 Å². The molecule has 1 atom stereocenters. The Labute approximate surface area is 136 Å². The van der Waals surface area contributed by atoms with Crippen LogP contribution >= 0.6 is 0 Å². The van der Waals surface area contributed by atoms with Crippen molar-refractivity contribution in [3.8, 4) is 0 Å². The number of fused-ring (bicyclic) bond motifs is 1. The zero-order valence-electron chi connectivity index (χ0n) is 13.9. The van der Waals surface area contributed by atoms with Crippen molar-refractivity contribution in [3.63, 3.8) is 0 Å². The topological polar surface area (TPSA) is 56.3 Å². The van der Waals surface area contributed by atoms with Crippen molar-refractivity contribution in [2.24, 2.45) is 5.92 Å². The van der Waals surface area contributed by atoms with E-state index in [2.05, 4.69) is 26.0 Å². The Balaban J connectivity index is 1.56. The highest BCUT2D eigenvalue weighted by molar-refractivity contribution is 5.20. The first-order chi connectivity index (χ1) is 11.2. The molecule has 4 rings (SSSR count). The number of hydrogen-bond acceptors (Lipinski definition) is 5. The lowest BCUT2D eigenvalue weighted by atomic mass is 10.0. The number of furan rings is 1. The monoisotopic (exact) mass is 316 g/mol. The van der Waals surface area contributed by atoms with E-state index in [1.54, 1.807) is 7.11 Å². The maximum absolute atomic E-state index is 5.74. The van der Waals surface area contributed by atoms with E-state index in [-0.39, 0.29) is 6.04 Å². The third-order valence-corrected chi connectivity index (χ3v) is 4.87. The van der Waals surface area contributed by atoms with Gasteiger partial charge in [0.1, 0.15) is 17.2 Å². The lowest BCUT2D eigenvalue weighted by molar-refractivity contribution is 0.0702. The lowest BCUT2D eigenvalue weighted by Gasteiger charge is -2.33. The standard InChI is InChI=1S/C17H24N4O2/c1-12-3-6-14(23-12)10-20-8-7-15-17(16(20)11-22-2)18-19-21(15)9-13-4-5-13/h3,6,13,16H,4-5,7-11H2,1-2H3/t16-/m1/s1. The van der Waals surface area contributed by atoms with E-state index in [9.17, 15) is 0 Å². The van der Waals surface area contributed by atoms with Gasteiger partial charge in [-0.2, -0.15) is 0 Å². The van der Waals surface area contributed by atoms with Crippen LogP contribution in [0.4, 0.5) is 0 Å². The van der Waals surface area contributed by atoms with E-state index in [4.69, 9.17) is 9.15 Å². The fourth-order valence-corrected chi connectivity index (χ4v) is 3.43. The largest absolute Gasteiger partial charge is 0.465 e. The predicted molar refractivity (Wildman–Crippen MR) is 84.9 cm³/mol. The summed E-state index contributed by atoms with van der Waals surface area (Å²) < 4.78 is 13.3. The molecule has 2 aliphatic rings. The summed E-state index contributed by atoms with van der Waals surface area (Å²) in [6.07, 6.45) is 3.66. The normalized spacial score (nSPS) is 21.6. The molecule has 1 aliphatic heterocycles. The van der Waals surface area contributed by atoms with Crippen molar-refractivity contribution in [1.82, 2.24) is 19.9 Å². The molecule has 1 fully saturated rings. The van der Waals surface area contributed by atoms with Gasteiger partial charge >= 0.3 is 0 Å². The first-order valence-electron chi connectivity index (χ1n) is 8.45. The minimum absolute atomic E-state index is 0.155. The van der Waals surface area contributed by atoms with E-state index < -0.39 is 0 Å². The molecule has 0 bridgehead atoms. The van der Waals surface area contributed by atoms with Crippen LogP contribution in [0.15, 0.2) is 16.5 Å². The van der Waals surface area contributed by atoms with Gasteiger partial charge < -0.3 is 9.15 Å². The molecule has 1 aliphatic carbocycles. The molecular weight excluding hydrogens is 292 g/mol. The molecule has 1 saturated carbocycles. The second-order valence-corrected chi connectivity index (χ2v) is 6.75. The van der Waals surface area contributed by atoms with Gasteiger partial charge in [-0.1, -0.05) is 5.21 Å². The van der Waals surface area contributed by atoms with Gasteiger partial charge in [0.25, 0.3) is 0 Å². The molecule has 2 aromatic heterocycles. The average Bonchev–Trinajstić information content (AvgIpc) is 3.12. The van der Waals surface area contributed by atoms with E-state index in [0.29, 0.717) is 6.61 Å². The minimum Gasteiger partial charge on any atom is -0.465 e. The number of methoxy groups -OCH3 is 1. The van der Waals surface area contributed by atoms with Gasteiger partial charge in [0.05, 0.1) is 24.9 Å². The molecule has 0 spiro atoms. The van der Waals surface area contributed by atoms with E-state index in [1.807, 2.05) is 13.0 Å². The summed E-state index contributed by atoms with van der Waals surface area (Å²) in [5, 5.41) is 8.91. The van der Waals surface area contributed by atoms with Crippen LogP contribution < -0.4 is 0 Å². The summed E-state index contributed by atoms with van der Waals surface area (Å²) in [5.41, 5.74) is 2.38. The van der Waals surface area contributed by atoms with Gasteiger partial charge in [0.2, 0.25) is 0 Å². The van der Waals surface area contributed by atoms with Gasteiger partial charge in [-0.05, 0) is 37.8 Å². The molecule has 0 aromatic carbocycles. The predicted octanol–water partition coefficient (Wildman–Crippen LogP) is 2.34. The molecule has 0 radical (unpaired) electrons. The zero-order chi connectivity index (χ0) is 15.8. The maximum atomic E-state index is 5.74. The lowest BCUT2D eigenvalue weighted by Crippen LogP contribution is -2.38. The minimum atomic E-state index is 0.155. The molecule has 6 nitrogen and oxygen atoms in total. The molecule has 6 heteroatoms. The highest BCUT2D eigenvalue weighted by Gasteiger charge is 2.33. The fraction of sp³-hybridized carbons (Fsp3) is 0.647. The summed E-state index contributed by atoms with van der Waals surface area (Å²) in [6.45, 7) is 5.41. The fourth-order valence-electron chi connectivity index (χ4n) is 3.43. The highest BCUT2D eigenvalue weighted by Crippen LogP contribution is 2.34. The number of ether oxygens (including phenoxy) is 1. The van der Waals surface area contributed by atoms with Crippen molar-refractivity contribution in [3.05, 3.63) is 35.0 Å². The van der Waals surface area contributed by atoms with Gasteiger partial charge in [-0.25, -0.2) is 4.68 Å². The smallest absolute Gasteiger partial charge is 0.118 e. The van der Waals surface area contributed by atoms with Crippen molar-refractivity contribution >= 4 is 0 Å². The van der Waals surface area contributed by atoms with Crippen molar-refractivity contribution < 1.29 is 9.15 Å². The molecule has 23 heavy (non-hydrogen) atoms. The number of rotatable bonds is 6. The van der Waals surface area contributed by atoms with Crippen molar-refractivity contribution in [2.45, 2.75) is 45.3 Å². The van der Waals surface area contributed by atoms with Crippen molar-refractivity contribution in [2.75, 3.05) is 20.3 Å². The molecule has 0 N–H and O–H groups in total. The van der Waals surface area contributed by atoms with E-state index >= 15 is 0 Å². The van der Waals surface area contributed by atoms with Gasteiger partial charge in [0, 0.05) is 26.6 Å². The zero-order valence-corrected chi connectivity index (χ0v) is 13.9. The third kappa shape index (κ3) is 3.05. The van der Waals surface area contributed by atoms with Crippen LogP contribution in [0.25, 0.3) is 0 Å². The number of aromatic nitrogens is 3. The second kappa shape index (κ2) is 6.09. The number of aryl methyl sites for hydroxylation is 1. The summed E-state index contributed by atoms with van der Waals surface area (Å²) in [6, 6.07) is 4.22. The Morgan fingerprint density at radius 1 is 1.35 bits per heavy atom. The average molecular weight is 316 g/mol. The molecule has 124 valence electrons. The first-order valence-corrected chi connectivity index (χ1v) is 8.45.